The number of thioether (sulfide) groups is 1. The molecule has 162 valence electrons. The van der Waals surface area contributed by atoms with Crippen LogP contribution in [0.25, 0.3) is 17.4 Å². The molecule has 1 saturated heterocycles. The summed E-state index contributed by atoms with van der Waals surface area (Å²) in [5.41, 5.74) is 2.30. The number of rotatable bonds is 7. The summed E-state index contributed by atoms with van der Waals surface area (Å²) in [5.74, 6) is 0.511. The molecule has 0 spiro atoms. The maximum absolute atomic E-state index is 12.7. The molecule has 32 heavy (non-hydrogen) atoms. The first-order valence-corrected chi connectivity index (χ1v) is 10.9. The number of nitro benzene ring substituents is 1. The average molecular weight is 449 g/mol. The van der Waals surface area contributed by atoms with Gasteiger partial charge in [-0.05, 0) is 49.2 Å². The van der Waals surface area contributed by atoms with Gasteiger partial charge in [-0.1, -0.05) is 42.5 Å². The summed E-state index contributed by atoms with van der Waals surface area (Å²) in [7, 11) is 0. The lowest BCUT2D eigenvalue weighted by Crippen LogP contribution is -2.29. The number of hydrogen-bond acceptors (Lipinski definition) is 6. The van der Waals surface area contributed by atoms with Gasteiger partial charge in [0.25, 0.3) is 16.8 Å². The van der Waals surface area contributed by atoms with E-state index in [1.165, 1.54) is 17.0 Å². The van der Waals surface area contributed by atoms with Crippen molar-refractivity contribution in [3.8, 4) is 11.3 Å². The second-order valence-electron chi connectivity index (χ2n) is 7.38. The number of furan rings is 1. The third kappa shape index (κ3) is 4.65. The van der Waals surface area contributed by atoms with Crippen molar-refractivity contribution in [2.24, 2.45) is 0 Å². The fourth-order valence-electron chi connectivity index (χ4n) is 3.45. The van der Waals surface area contributed by atoms with Crippen LogP contribution in [0, 0.1) is 17.0 Å². The first-order valence-electron chi connectivity index (χ1n) is 10.1. The normalized spacial score (nSPS) is 15.0. The standard InChI is InChI=1S/C24H20N2O5S/c1-16-9-10-18(14-20(16)26(29)30)21-12-11-19(31-21)15-22-23(27)25(24(28)32-22)13-5-8-17-6-3-2-4-7-17/h2-4,6-7,9-12,14-15H,5,8,13H2,1H3/b22-15+. The van der Waals surface area contributed by atoms with Gasteiger partial charge in [0, 0.05) is 29.8 Å². The lowest BCUT2D eigenvalue weighted by Gasteiger charge is -2.11. The van der Waals surface area contributed by atoms with Crippen molar-refractivity contribution >= 4 is 34.7 Å². The Morgan fingerprint density at radius 1 is 1.09 bits per heavy atom. The first-order chi connectivity index (χ1) is 15.4. The Bertz CT molecular complexity index is 1220. The summed E-state index contributed by atoms with van der Waals surface area (Å²) in [5, 5.41) is 10.9. The lowest BCUT2D eigenvalue weighted by molar-refractivity contribution is -0.385. The minimum atomic E-state index is -0.434. The van der Waals surface area contributed by atoms with E-state index in [1.54, 1.807) is 31.2 Å². The minimum Gasteiger partial charge on any atom is -0.457 e. The van der Waals surface area contributed by atoms with Gasteiger partial charge in [0.1, 0.15) is 11.5 Å². The molecule has 1 aliphatic heterocycles. The van der Waals surface area contributed by atoms with Gasteiger partial charge < -0.3 is 4.42 Å². The van der Waals surface area contributed by atoms with Crippen LogP contribution in [0.4, 0.5) is 10.5 Å². The molecule has 0 saturated carbocycles. The Kier molecular flexibility index (Phi) is 6.23. The summed E-state index contributed by atoms with van der Waals surface area (Å²) in [6.07, 6.45) is 3.01. The van der Waals surface area contributed by atoms with E-state index in [0.29, 0.717) is 40.5 Å². The van der Waals surface area contributed by atoms with Crippen LogP contribution in [0.3, 0.4) is 0 Å². The molecule has 2 aromatic carbocycles. The fraction of sp³-hybridized carbons (Fsp3) is 0.167. The van der Waals surface area contributed by atoms with Crippen LogP contribution in [0.5, 0.6) is 0 Å². The van der Waals surface area contributed by atoms with Gasteiger partial charge in [-0.15, -0.1) is 0 Å². The Labute approximate surface area is 188 Å². The van der Waals surface area contributed by atoms with Crippen LogP contribution < -0.4 is 0 Å². The lowest BCUT2D eigenvalue weighted by atomic mass is 10.1. The van der Waals surface area contributed by atoms with Crippen LogP contribution in [-0.2, 0) is 11.2 Å². The summed E-state index contributed by atoms with van der Waals surface area (Å²) in [6.45, 7) is 2.03. The van der Waals surface area contributed by atoms with Gasteiger partial charge in [0.15, 0.2) is 0 Å². The SMILES string of the molecule is Cc1ccc(-c2ccc(/C=C3/SC(=O)N(CCCc4ccccc4)C3=O)o2)cc1[N+](=O)[O-]. The largest absolute Gasteiger partial charge is 0.457 e. The molecule has 0 bridgehead atoms. The van der Waals surface area contributed by atoms with Gasteiger partial charge in [-0.25, -0.2) is 0 Å². The number of hydrogen-bond donors (Lipinski definition) is 0. The highest BCUT2D eigenvalue weighted by Crippen LogP contribution is 2.34. The zero-order valence-corrected chi connectivity index (χ0v) is 18.1. The van der Waals surface area contributed by atoms with Crippen molar-refractivity contribution in [1.29, 1.82) is 0 Å². The molecule has 2 heterocycles. The number of carbonyl (C=O) groups is 2. The van der Waals surface area contributed by atoms with E-state index >= 15 is 0 Å². The van der Waals surface area contributed by atoms with E-state index in [-0.39, 0.29) is 16.8 Å². The molecular weight excluding hydrogens is 428 g/mol. The number of carbonyl (C=O) groups excluding carboxylic acids is 2. The summed E-state index contributed by atoms with van der Waals surface area (Å²) in [4.78, 5) is 37.3. The second-order valence-corrected chi connectivity index (χ2v) is 8.38. The minimum absolute atomic E-state index is 0.0112. The maximum atomic E-state index is 12.7. The molecule has 0 N–H and O–H groups in total. The molecule has 3 aromatic rings. The molecule has 0 radical (unpaired) electrons. The first kappa shape index (κ1) is 21.6. The Hall–Kier alpha value is -3.65. The molecule has 0 atom stereocenters. The number of benzene rings is 2. The van der Waals surface area contributed by atoms with E-state index in [4.69, 9.17) is 4.42 Å². The second kappa shape index (κ2) is 9.23. The third-order valence-corrected chi connectivity index (χ3v) is 6.06. The topological polar surface area (TPSA) is 93.7 Å². The van der Waals surface area contributed by atoms with E-state index in [1.807, 2.05) is 30.3 Å². The Morgan fingerprint density at radius 2 is 1.88 bits per heavy atom. The average Bonchev–Trinajstić information content (AvgIpc) is 3.34. The van der Waals surface area contributed by atoms with Gasteiger partial charge in [0.05, 0.1) is 9.83 Å². The molecule has 1 aromatic heterocycles. The van der Waals surface area contributed by atoms with E-state index in [0.717, 1.165) is 23.7 Å². The van der Waals surface area contributed by atoms with Crippen molar-refractivity contribution in [2.45, 2.75) is 19.8 Å². The predicted octanol–water partition coefficient (Wildman–Crippen LogP) is 5.83. The number of nitrogens with zero attached hydrogens (tertiary/aromatic N) is 2. The van der Waals surface area contributed by atoms with Crippen molar-refractivity contribution in [3.63, 3.8) is 0 Å². The predicted molar refractivity (Wildman–Crippen MR) is 123 cm³/mol. The van der Waals surface area contributed by atoms with Crippen molar-refractivity contribution in [3.05, 3.63) is 92.6 Å². The van der Waals surface area contributed by atoms with Gasteiger partial charge in [-0.3, -0.25) is 24.6 Å². The number of imide groups is 1. The summed E-state index contributed by atoms with van der Waals surface area (Å²) in [6, 6.07) is 18.1. The summed E-state index contributed by atoms with van der Waals surface area (Å²) < 4.78 is 5.77. The molecular formula is C24H20N2O5S. The summed E-state index contributed by atoms with van der Waals surface area (Å²) >= 11 is 0.885. The molecule has 2 amide bonds. The van der Waals surface area contributed by atoms with E-state index in [2.05, 4.69) is 0 Å². The highest BCUT2D eigenvalue weighted by Gasteiger charge is 2.34. The molecule has 0 aliphatic carbocycles. The Morgan fingerprint density at radius 3 is 2.62 bits per heavy atom. The highest BCUT2D eigenvalue weighted by atomic mass is 32.2. The third-order valence-electron chi connectivity index (χ3n) is 5.15. The van der Waals surface area contributed by atoms with Gasteiger partial charge >= 0.3 is 0 Å². The van der Waals surface area contributed by atoms with Crippen LogP contribution >= 0.6 is 11.8 Å². The van der Waals surface area contributed by atoms with Crippen LogP contribution in [0.15, 0.2) is 70.0 Å². The zero-order valence-electron chi connectivity index (χ0n) is 17.3. The monoisotopic (exact) mass is 448 g/mol. The van der Waals surface area contributed by atoms with Crippen molar-refractivity contribution in [1.82, 2.24) is 4.90 Å². The number of amides is 2. The van der Waals surface area contributed by atoms with E-state index < -0.39 is 4.92 Å². The molecule has 1 fully saturated rings. The number of nitro groups is 1. The highest BCUT2D eigenvalue weighted by molar-refractivity contribution is 8.18. The molecule has 7 nitrogen and oxygen atoms in total. The van der Waals surface area contributed by atoms with Crippen LogP contribution in [-0.4, -0.2) is 27.5 Å². The Balaban J connectivity index is 1.45. The molecule has 8 heteroatoms. The molecule has 0 unspecified atom stereocenters. The van der Waals surface area contributed by atoms with Gasteiger partial charge in [0.2, 0.25) is 0 Å². The van der Waals surface area contributed by atoms with E-state index in [9.17, 15) is 19.7 Å². The quantitative estimate of drug-likeness (QED) is 0.256. The zero-order chi connectivity index (χ0) is 22.7. The van der Waals surface area contributed by atoms with Crippen molar-refractivity contribution in [2.75, 3.05) is 6.54 Å². The maximum Gasteiger partial charge on any atom is 0.293 e. The van der Waals surface area contributed by atoms with Crippen LogP contribution in [0.2, 0.25) is 0 Å². The smallest absolute Gasteiger partial charge is 0.293 e. The van der Waals surface area contributed by atoms with Gasteiger partial charge in [-0.2, -0.15) is 0 Å². The van der Waals surface area contributed by atoms with Crippen molar-refractivity contribution < 1.29 is 18.9 Å². The number of aryl methyl sites for hydroxylation is 2. The van der Waals surface area contributed by atoms with Crippen LogP contribution in [0.1, 0.15) is 23.3 Å². The molecule has 1 aliphatic rings. The molecule has 4 rings (SSSR count). The fourth-order valence-corrected chi connectivity index (χ4v) is 4.30.